The molecule has 27 heavy (non-hydrogen) atoms. The maximum Gasteiger partial charge on any atom is 0.315 e. The Kier molecular flexibility index (Phi) is 3.41. The fraction of sp³-hybridized carbons (Fsp3) is 0.571. The molecule has 5 aliphatic rings. The van der Waals surface area contributed by atoms with E-state index in [0.717, 1.165) is 23.4 Å². The molecule has 4 bridgehead atoms. The highest BCUT2D eigenvalue weighted by Crippen LogP contribution is 2.72. The Bertz CT molecular complexity index is 854. The van der Waals surface area contributed by atoms with Crippen molar-refractivity contribution in [3.05, 3.63) is 41.5 Å². The van der Waals surface area contributed by atoms with Crippen molar-refractivity contribution in [2.75, 3.05) is 32.1 Å². The summed E-state index contributed by atoms with van der Waals surface area (Å²) in [6.45, 7) is 3.10. The Morgan fingerprint density at radius 1 is 1.44 bits per heavy atom. The molecule has 0 radical (unpaired) electrons. The summed E-state index contributed by atoms with van der Waals surface area (Å²) in [5, 5.41) is 25.9. The summed E-state index contributed by atoms with van der Waals surface area (Å²) >= 11 is 0. The third-order valence-corrected chi connectivity index (χ3v) is 7.91. The van der Waals surface area contributed by atoms with Crippen molar-refractivity contribution >= 4 is 11.7 Å². The Morgan fingerprint density at radius 2 is 2.22 bits per heavy atom. The number of para-hydroxylation sites is 1. The molecule has 4 heterocycles. The van der Waals surface area contributed by atoms with Gasteiger partial charge >= 0.3 is 5.97 Å². The van der Waals surface area contributed by atoms with E-state index in [2.05, 4.69) is 10.2 Å². The van der Waals surface area contributed by atoms with Gasteiger partial charge in [-0.3, -0.25) is 9.69 Å². The van der Waals surface area contributed by atoms with E-state index >= 15 is 0 Å². The van der Waals surface area contributed by atoms with E-state index in [9.17, 15) is 15.0 Å². The molecule has 1 aliphatic carbocycles. The van der Waals surface area contributed by atoms with Gasteiger partial charge in [-0.1, -0.05) is 29.8 Å². The lowest BCUT2D eigenvalue weighted by molar-refractivity contribution is -0.184. The first-order chi connectivity index (χ1) is 13.0. The number of rotatable bonds is 2. The van der Waals surface area contributed by atoms with Crippen LogP contribution in [-0.4, -0.2) is 59.7 Å². The first-order valence-corrected chi connectivity index (χ1v) is 9.68. The van der Waals surface area contributed by atoms with Crippen LogP contribution in [0.1, 0.15) is 25.3 Å². The van der Waals surface area contributed by atoms with Gasteiger partial charge in [0.1, 0.15) is 11.1 Å². The zero-order chi connectivity index (χ0) is 19.0. The molecular formula is C21H26N2O4. The summed E-state index contributed by atoms with van der Waals surface area (Å²) in [6.07, 6.45) is 2.51. The smallest absolute Gasteiger partial charge is 0.315 e. The van der Waals surface area contributed by atoms with E-state index in [1.165, 1.54) is 7.11 Å². The summed E-state index contributed by atoms with van der Waals surface area (Å²) in [6, 6.07) is 7.97. The number of nitrogens with zero attached hydrogens (tertiary/aromatic N) is 1. The van der Waals surface area contributed by atoms with Crippen LogP contribution in [0.5, 0.6) is 0 Å². The molecule has 6 heteroatoms. The quantitative estimate of drug-likeness (QED) is 0.537. The second-order valence-corrected chi connectivity index (χ2v) is 8.30. The summed E-state index contributed by atoms with van der Waals surface area (Å²) in [4.78, 5) is 15.7. The fourth-order valence-electron chi connectivity index (χ4n) is 7.01. The van der Waals surface area contributed by atoms with Gasteiger partial charge in [-0.25, -0.2) is 0 Å². The monoisotopic (exact) mass is 370 g/mol. The molecule has 1 saturated carbocycles. The molecule has 1 aromatic rings. The number of aliphatic hydroxyl groups excluding tert-OH is 2. The molecule has 6 atom stereocenters. The number of allylic oxidation sites excluding steroid dienone is 1. The lowest BCUT2D eigenvalue weighted by Crippen LogP contribution is -2.75. The molecule has 6 rings (SSSR count). The van der Waals surface area contributed by atoms with Gasteiger partial charge in [-0.05, 0) is 31.4 Å². The molecule has 0 aromatic heterocycles. The van der Waals surface area contributed by atoms with E-state index in [1.54, 1.807) is 0 Å². The fourth-order valence-corrected chi connectivity index (χ4v) is 7.01. The molecule has 4 fully saturated rings. The van der Waals surface area contributed by atoms with Gasteiger partial charge in [0.15, 0.2) is 0 Å². The number of methoxy groups -OCH3 is 1. The van der Waals surface area contributed by atoms with Crippen LogP contribution >= 0.6 is 0 Å². The van der Waals surface area contributed by atoms with E-state index in [1.807, 2.05) is 37.3 Å². The Morgan fingerprint density at radius 3 is 2.93 bits per heavy atom. The first kappa shape index (κ1) is 17.2. The minimum atomic E-state index is -1.13. The van der Waals surface area contributed by atoms with Crippen LogP contribution in [-0.2, 0) is 14.9 Å². The summed E-state index contributed by atoms with van der Waals surface area (Å²) in [5.41, 5.74) is 0.354. The van der Waals surface area contributed by atoms with Crippen molar-refractivity contribution in [3.8, 4) is 0 Å². The molecule has 3 saturated heterocycles. The number of esters is 1. The van der Waals surface area contributed by atoms with Gasteiger partial charge in [0.2, 0.25) is 0 Å². The van der Waals surface area contributed by atoms with Gasteiger partial charge in [-0.2, -0.15) is 0 Å². The Balaban J connectivity index is 1.93. The van der Waals surface area contributed by atoms with Crippen molar-refractivity contribution in [2.45, 2.75) is 36.9 Å². The molecule has 1 aromatic carbocycles. The van der Waals surface area contributed by atoms with Crippen LogP contribution in [0.3, 0.4) is 0 Å². The maximum absolute atomic E-state index is 13.4. The lowest BCUT2D eigenvalue weighted by Gasteiger charge is -2.59. The van der Waals surface area contributed by atoms with Crippen molar-refractivity contribution in [1.82, 2.24) is 4.90 Å². The Labute approximate surface area is 158 Å². The average Bonchev–Trinajstić information content (AvgIpc) is 3.11. The number of ether oxygens (including phenoxy) is 1. The van der Waals surface area contributed by atoms with Gasteiger partial charge in [0, 0.05) is 24.7 Å². The van der Waals surface area contributed by atoms with Crippen molar-refractivity contribution in [1.29, 1.82) is 0 Å². The highest BCUT2D eigenvalue weighted by molar-refractivity contribution is 5.85. The lowest BCUT2D eigenvalue weighted by atomic mass is 9.45. The van der Waals surface area contributed by atoms with Gasteiger partial charge in [-0.15, -0.1) is 0 Å². The average molecular weight is 370 g/mol. The molecular weight excluding hydrogens is 344 g/mol. The number of hydrogen-bond acceptors (Lipinski definition) is 6. The predicted molar refractivity (Wildman–Crippen MR) is 100 cm³/mol. The first-order valence-electron chi connectivity index (χ1n) is 9.68. The highest BCUT2D eigenvalue weighted by atomic mass is 16.5. The van der Waals surface area contributed by atoms with E-state index in [4.69, 9.17) is 4.74 Å². The number of aliphatic hydroxyl groups is 2. The molecule has 144 valence electrons. The minimum Gasteiger partial charge on any atom is -0.468 e. The number of hydrogen-bond donors (Lipinski definition) is 3. The number of fused-ring (bicyclic) bond motifs is 3. The van der Waals surface area contributed by atoms with Crippen molar-refractivity contribution in [3.63, 3.8) is 0 Å². The SMILES string of the molecule is CC=C1CN2CCC34c5ccccc5NC23C(O)CC1C4(CO)C(=O)OC. The molecule has 1 spiro atoms. The molecule has 0 amide bonds. The Hall–Kier alpha value is -1.89. The number of carbonyl (C=O) groups is 1. The normalized spacial score (nSPS) is 45.2. The number of carbonyl (C=O) groups excluding carboxylic acids is 1. The predicted octanol–water partition coefficient (Wildman–Crippen LogP) is 1.24. The van der Waals surface area contributed by atoms with Crippen LogP contribution < -0.4 is 5.32 Å². The van der Waals surface area contributed by atoms with Crippen LogP contribution in [0.25, 0.3) is 0 Å². The zero-order valence-electron chi connectivity index (χ0n) is 15.7. The minimum absolute atomic E-state index is 0.263. The van der Waals surface area contributed by atoms with E-state index in [0.29, 0.717) is 19.4 Å². The second-order valence-electron chi connectivity index (χ2n) is 8.30. The third-order valence-electron chi connectivity index (χ3n) is 7.91. The molecule has 3 N–H and O–H groups in total. The maximum atomic E-state index is 13.4. The molecule has 6 unspecified atom stereocenters. The van der Waals surface area contributed by atoms with Gasteiger partial charge in [0.05, 0.1) is 25.2 Å². The molecule has 6 nitrogen and oxygen atoms in total. The molecule has 4 aliphatic heterocycles. The van der Waals surface area contributed by atoms with Crippen molar-refractivity contribution < 1.29 is 19.7 Å². The van der Waals surface area contributed by atoms with Gasteiger partial charge < -0.3 is 20.3 Å². The van der Waals surface area contributed by atoms with Crippen LogP contribution in [0.15, 0.2) is 35.9 Å². The highest BCUT2D eigenvalue weighted by Gasteiger charge is 2.82. The summed E-state index contributed by atoms with van der Waals surface area (Å²) < 4.78 is 5.33. The van der Waals surface area contributed by atoms with E-state index < -0.39 is 22.6 Å². The zero-order valence-corrected chi connectivity index (χ0v) is 15.7. The number of benzene rings is 1. The van der Waals surface area contributed by atoms with Gasteiger partial charge in [0.25, 0.3) is 0 Å². The van der Waals surface area contributed by atoms with E-state index in [-0.39, 0.29) is 18.5 Å². The number of nitrogens with one attached hydrogen (secondary N) is 1. The second kappa shape index (κ2) is 5.34. The summed E-state index contributed by atoms with van der Waals surface area (Å²) in [5.74, 6) is -0.644. The van der Waals surface area contributed by atoms with Crippen LogP contribution in [0, 0.1) is 11.3 Å². The third kappa shape index (κ3) is 1.55. The standard InChI is InChI=1S/C21H26N2O4/c1-3-13-11-23-9-8-20-14-6-4-5-7-16(14)22-21(20,23)17(25)10-15(13)19(20,12-24)18(26)27-2/h3-7,15,17,22,24-25H,8-12H2,1-2H3. The number of anilines is 1. The van der Waals surface area contributed by atoms with Crippen LogP contribution in [0.4, 0.5) is 5.69 Å². The van der Waals surface area contributed by atoms with Crippen molar-refractivity contribution in [2.24, 2.45) is 11.3 Å². The van der Waals surface area contributed by atoms with Crippen LogP contribution in [0.2, 0.25) is 0 Å². The summed E-state index contributed by atoms with van der Waals surface area (Å²) in [7, 11) is 1.40. The topological polar surface area (TPSA) is 82.0 Å². The largest absolute Gasteiger partial charge is 0.468 e.